The zero-order valence-corrected chi connectivity index (χ0v) is 12.9. The predicted molar refractivity (Wildman–Crippen MR) is 83.1 cm³/mol. The van der Waals surface area contributed by atoms with E-state index in [-0.39, 0.29) is 11.9 Å². The maximum absolute atomic E-state index is 13.9. The molecule has 0 heterocycles. The van der Waals surface area contributed by atoms with Crippen molar-refractivity contribution < 1.29 is 4.39 Å². The summed E-state index contributed by atoms with van der Waals surface area (Å²) in [7, 11) is 1.85. The van der Waals surface area contributed by atoms with E-state index >= 15 is 0 Å². The zero-order valence-electron chi connectivity index (χ0n) is 11.4. The molecule has 1 nitrogen and oxygen atoms in total. The number of hydrogen-bond acceptors (Lipinski definition) is 1. The first-order valence-electron chi connectivity index (χ1n) is 6.39. The summed E-state index contributed by atoms with van der Waals surface area (Å²) in [6, 6.07) is 10.5. The monoisotopic (exact) mass is 311 g/mol. The first-order valence-corrected chi connectivity index (χ1v) is 7.15. The van der Waals surface area contributed by atoms with E-state index in [2.05, 4.69) is 5.32 Å². The lowest BCUT2D eigenvalue weighted by molar-refractivity contribution is 0.553. The van der Waals surface area contributed by atoms with Gasteiger partial charge in [0.25, 0.3) is 0 Å². The Balaban J connectivity index is 2.37. The van der Waals surface area contributed by atoms with Crippen LogP contribution in [0.1, 0.15) is 22.7 Å². The van der Waals surface area contributed by atoms with Gasteiger partial charge in [0.2, 0.25) is 0 Å². The van der Waals surface area contributed by atoms with Gasteiger partial charge in [-0.25, -0.2) is 4.39 Å². The van der Waals surface area contributed by atoms with Crippen LogP contribution < -0.4 is 5.32 Å². The van der Waals surface area contributed by atoms with Crippen molar-refractivity contribution in [2.24, 2.45) is 0 Å². The summed E-state index contributed by atoms with van der Waals surface area (Å²) in [5.41, 5.74) is 2.58. The number of nitrogens with one attached hydrogen (secondary N) is 1. The quantitative estimate of drug-likeness (QED) is 0.843. The molecule has 0 aliphatic carbocycles. The number of rotatable bonds is 4. The van der Waals surface area contributed by atoms with Gasteiger partial charge in [-0.1, -0.05) is 41.4 Å². The van der Waals surface area contributed by atoms with Gasteiger partial charge in [0.1, 0.15) is 5.82 Å². The van der Waals surface area contributed by atoms with Gasteiger partial charge in [0, 0.05) is 21.7 Å². The van der Waals surface area contributed by atoms with Crippen LogP contribution in [0.5, 0.6) is 0 Å². The highest BCUT2D eigenvalue weighted by Gasteiger charge is 2.17. The lowest BCUT2D eigenvalue weighted by Crippen LogP contribution is -2.20. The molecule has 1 unspecified atom stereocenters. The highest BCUT2D eigenvalue weighted by atomic mass is 35.5. The number of halogens is 3. The molecular formula is C16H16Cl2FN. The zero-order chi connectivity index (χ0) is 14.7. The highest BCUT2D eigenvalue weighted by molar-refractivity contribution is 6.31. The summed E-state index contributed by atoms with van der Waals surface area (Å²) in [5, 5.41) is 4.36. The van der Waals surface area contributed by atoms with Crippen LogP contribution in [0.4, 0.5) is 4.39 Å². The lowest BCUT2D eigenvalue weighted by atomic mass is 9.95. The van der Waals surface area contributed by atoms with Crippen LogP contribution in [0.15, 0.2) is 36.4 Å². The third-order valence-electron chi connectivity index (χ3n) is 3.50. The molecule has 0 saturated heterocycles. The van der Waals surface area contributed by atoms with Crippen molar-refractivity contribution in [3.63, 3.8) is 0 Å². The van der Waals surface area contributed by atoms with E-state index in [1.54, 1.807) is 12.1 Å². The minimum atomic E-state index is -0.280. The SMILES string of the molecule is CNC(Cc1c(F)cccc1Cl)c1cccc(Cl)c1C. The molecular weight excluding hydrogens is 296 g/mol. The van der Waals surface area contributed by atoms with Crippen LogP contribution >= 0.6 is 23.2 Å². The third-order valence-corrected chi connectivity index (χ3v) is 4.27. The molecule has 1 atom stereocenters. The van der Waals surface area contributed by atoms with Crippen LogP contribution in [-0.4, -0.2) is 7.05 Å². The fourth-order valence-electron chi connectivity index (χ4n) is 2.30. The number of hydrogen-bond donors (Lipinski definition) is 1. The van der Waals surface area contributed by atoms with Crippen molar-refractivity contribution >= 4 is 23.2 Å². The molecule has 0 radical (unpaired) electrons. The molecule has 0 bridgehead atoms. The minimum Gasteiger partial charge on any atom is -0.313 e. The van der Waals surface area contributed by atoms with E-state index in [4.69, 9.17) is 23.2 Å². The van der Waals surface area contributed by atoms with Crippen LogP contribution in [0.3, 0.4) is 0 Å². The summed E-state index contributed by atoms with van der Waals surface area (Å²) < 4.78 is 13.9. The van der Waals surface area contributed by atoms with Crippen molar-refractivity contribution in [1.29, 1.82) is 0 Å². The van der Waals surface area contributed by atoms with Crippen molar-refractivity contribution in [3.05, 3.63) is 69.0 Å². The standard InChI is InChI=1S/C16H16Cl2FN/c1-10-11(5-3-6-13(10)17)16(20-2)9-12-14(18)7-4-8-15(12)19/h3-8,16,20H,9H2,1-2H3. The smallest absolute Gasteiger partial charge is 0.127 e. The van der Waals surface area contributed by atoms with Gasteiger partial charge in [-0.05, 0) is 49.7 Å². The molecule has 0 spiro atoms. The van der Waals surface area contributed by atoms with Crippen LogP contribution in [0.25, 0.3) is 0 Å². The topological polar surface area (TPSA) is 12.0 Å². The van der Waals surface area contributed by atoms with Gasteiger partial charge < -0.3 is 5.32 Å². The van der Waals surface area contributed by atoms with E-state index in [1.165, 1.54) is 6.07 Å². The summed E-state index contributed by atoms with van der Waals surface area (Å²) >= 11 is 12.2. The summed E-state index contributed by atoms with van der Waals surface area (Å²) in [5.74, 6) is -0.280. The Morgan fingerprint density at radius 1 is 1.10 bits per heavy atom. The van der Waals surface area contributed by atoms with Gasteiger partial charge in [0.05, 0.1) is 0 Å². The molecule has 20 heavy (non-hydrogen) atoms. The van der Waals surface area contributed by atoms with Gasteiger partial charge >= 0.3 is 0 Å². The molecule has 0 aliphatic heterocycles. The second-order valence-electron chi connectivity index (χ2n) is 4.70. The van der Waals surface area contributed by atoms with Gasteiger partial charge in [-0.15, -0.1) is 0 Å². The fraction of sp³-hybridized carbons (Fsp3) is 0.250. The van der Waals surface area contributed by atoms with Gasteiger partial charge in [0.15, 0.2) is 0 Å². The van der Waals surface area contributed by atoms with E-state index in [0.29, 0.717) is 22.0 Å². The molecule has 106 valence electrons. The van der Waals surface area contributed by atoms with Crippen LogP contribution in [0.2, 0.25) is 10.0 Å². The van der Waals surface area contributed by atoms with E-state index in [0.717, 1.165) is 11.1 Å². The average molecular weight is 312 g/mol. The summed E-state index contributed by atoms with van der Waals surface area (Å²) in [4.78, 5) is 0. The fourth-order valence-corrected chi connectivity index (χ4v) is 2.72. The normalized spacial score (nSPS) is 12.4. The molecule has 2 rings (SSSR count). The van der Waals surface area contributed by atoms with Gasteiger partial charge in [-0.3, -0.25) is 0 Å². The Labute approximate surface area is 128 Å². The Morgan fingerprint density at radius 2 is 1.75 bits per heavy atom. The lowest BCUT2D eigenvalue weighted by Gasteiger charge is -2.20. The number of likely N-dealkylation sites (N-methyl/N-ethyl adjacent to an activating group) is 1. The first-order chi connectivity index (χ1) is 9.54. The van der Waals surface area contributed by atoms with Crippen molar-refractivity contribution in [1.82, 2.24) is 5.32 Å². The van der Waals surface area contributed by atoms with E-state index in [1.807, 2.05) is 32.2 Å². The summed E-state index contributed by atoms with van der Waals surface area (Å²) in [6.07, 6.45) is 0.475. The predicted octanol–water partition coefficient (Wildman–Crippen LogP) is 4.94. The van der Waals surface area contributed by atoms with E-state index < -0.39 is 0 Å². The molecule has 0 aliphatic rings. The maximum atomic E-state index is 13.9. The van der Waals surface area contributed by atoms with Crippen molar-refractivity contribution in [3.8, 4) is 0 Å². The van der Waals surface area contributed by atoms with E-state index in [9.17, 15) is 4.39 Å². The minimum absolute atomic E-state index is 0.0388. The molecule has 2 aromatic carbocycles. The molecule has 0 saturated carbocycles. The summed E-state index contributed by atoms with van der Waals surface area (Å²) in [6.45, 7) is 1.96. The van der Waals surface area contributed by atoms with Crippen molar-refractivity contribution in [2.75, 3.05) is 7.05 Å². The Bertz CT molecular complexity index is 593. The van der Waals surface area contributed by atoms with Crippen LogP contribution in [-0.2, 0) is 6.42 Å². The molecule has 0 aromatic heterocycles. The second kappa shape index (κ2) is 6.57. The average Bonchev–Trinajstić information content (AvgIpc) is 2.42. The molecule has 0 fully saturated rings. The van der Waals surface area contributed by atoms with Crippen molar-refractivity contribution in [2.45, 2.75) is 19.4 Å². The molecule has 0 amide bonds. The van der Waals surface area contributed by atoms with Gasteiger partial charge in [-0.2, -0.15) is 0 Å². The molecule has 1 N–H and O–H groups in total. The Hall–Kier alpha value is -1.09. The molecule has 4 heteroatoms. The highest BCUT2D eigenvalue weighted by Crippen LogP contribution is 2.29. The second-order valence-corrected chi connectivity index (χ2v) is 5.51. The maximum Gasteiger partial charge on any atom is 0.127 e. The largest absolute Gasteiger partial charge is 0.313 e. The van der Waals surface area contributed by atoms with Crippen LogP contribution in [0, 0.1) is 12.7 Å². The number of benzene rings is 2. The molecule has 2 aromatic rings. The Kier molecular flexibility index (Phi) is 5.03. The Morgan fingerprint density at radius 3 is 2.40 bits per heavy atom. The first kappa shape index (κ1) is 15.3. The third kappa shape index (κ3) is 3.14.